The minimum absolute atomic E-state index is 0.232. The lowest BCUT2D eigenvalue weighted by molar-refractivity contribution is 0.618. The predicted octanol–water partition coefficient (Wildman–Crippen LogP) is 2.76. The van der Waals surface area contributed by atoms with E-state index in [4.69, 9.17) is 5.73 Å². The highest BCUT2D eigenvalue weighted by atomic mass is 19.1. The first-order valence-corrected chi connectivity index (χ1v) is 5.94. The zero-order valence-electron chi connectivity index (χ0n) is 10.7. The number of fused-ring (bicyclic) bond motifs is 1. The van der Waals surface area contributed by atoms with Crippen LogP contribution in [0.2, 0.25) is 0 Å². The second kappa shape index (κ2) is 4.05. The number of benzene rings is 1. The Hall–Kier alpha value is -2.43. The molecule has 5 heteroatoms. The molecule has 0 aliphatic heterocycles. The molecule has 0 radical (unpaired) electrons. The van der Waals surface area contributed by atoms with Crippen molar-refractivity contribution in [3.63, 3.8) is 0 Å². The molecule has 0 saturated heterocycles. The number of anilines is 1. The van der Waals surface area contributed by atoms with Crippen molar-refractivity contribution in [2.75, 3.05) is 5.73 Å². The number of halogens is 1. The Balaban J connectivity index is 2.35. The molecule has 0 amide bonds. The lowest BCUT2D eigenvalue weighted by atomic mass is 10.2. The molecule has 0 aliphatic rings. The molecule has 3 aromatic rings. The van der Waals surface area contributed by atoms with Gasteiger partial charge in [-0.1, -0.05) is 6.07 Å². The Morgan fingerprint density at radius 1 is 1.11 bits per heavy atom. The van der Waals surface area contributed by atoms with Gasteiger partial charge in [-0.15, -0.1) is 0 Å². The molecule has 3 rings (SSSR count). The van der Waals surface area contributed by atoms with Gasteiger partial charge in [-0.2, -0.15) is 0 Å². The summed E-state index contributed by atoms with van der Waals surface area (Å²) in [6.45, 7) is 3.71. The lowest BCUT2D eigenvalue weighted by Crippen LogP contribution is -2.04. The number of nitrogens with two attached hydrogens (primary N) is 1. The Bertz CT molecular complexity index is 776. The van der Waals surface area contributed by atoms with Crippen LogP contribution in [0.15, 0.2) is 30.3 Å². The molecule has 0 spiro atoms. The number of nitrogen functional groups attached to an aromatic ring is 1. The summed E-state index contributed by atoms with van der Waals surface area (Å²) in [6.07, 6.45) is 0. The zero-order valence-corrected chi connectivity index (χ0v) is 10.7. The van der Waals surface area contributed by atoms with Crippen molar-refractivity contribution in [1.82, 2.24) is 14.5 Å². The smallest absolute Gasteiger partial charge is 0.207 e. The van der Waals surface area contributed by atoms with Gasteiger partial charge in [-0.3, -0.25) is 4.57 Å². The molecule has 1 aromatic carbocycles. The Morgan fingerprint density at radius 2 is 1.89 bits per heavy atom. The largest absolute Gasteiger partial charge is 0.369 e. The van der Waals surface area contributed by atoms with E-state index in [-0.39, 0.29) is 11.8 Å². The van der Waals surface area contributed by atoms with Gasteiger partial charge in [0.2, 0.25) is 5.95 Å². The molecule has 2 heterocycles. The molecule has 2 N–H and O–H groups in total. The van der Waals surface area contributed by atoms with Gasteiger partial charge >= 0.3 is 0 Å². The normalized spacial score (nSPS) is 11.1. The Morgan fingerprint density at radius 3 is 2.63 bits per heavy atom. The van der Waals surface area contributed by atoms with E-state index in [2.05, 4.69) is 9.97 Å². The fraction of sp³-hybridized carbons (Fsp3) is 0.143. The van der Waals surface area contributed by atoms with Crippen LogP contribution in [0.4, 0.5) is 10.3 Å². The van der Waals surface area contributed by atoms with Crippen molar-refractivity contribution in [2.24, 2.45) is 0 Å². The van der Waals surface area contributed by atoms with E-state index in [1.807, 2.05) is 32.0 Å². The summed E-state index contributed by atoms with van der Waals surface area (Å²) in [5, 5.41) is 0. The fourth-order valence-corrected chi connectivity index (χ4v) is 2.10. The number of nitrogens with zero attached hydrogens (tertiary/aromatic N) is 3. The number of pyridine rings is 1. The van der Waals surface area contributed by atoms with E-state index in [9.17, 15) is 4.39 Å². The third-order valence-corrected chi connectivity index (χ3v) is 3.01. The van der Waals surface area contributed by atoms with Gasteiger partial charge < -0.3 is 5.73 Å². The number of aryl methyl sites for hydroxylation is 2. The molecular weight excluding hydrogens is 243 g/mol. The van der Waals surface area contributed by atoms with Gasteiger partial charge in [0.1, 0.15) is 11.3 Å². The van der Waals surface area contributed by atoms with Gasteiger partial charge in [0.05, 0.1) is 5.69 Å². The minimum Gasteiger partial charge on any atom is -0.369 e. The molecule has 0 fully saturated rings. The van der Waals surface area contributed by atoms with Gasteiger partial charge in [0.15, 0.2) is 5.65 Å². The summed E-state index contributed by atoms with van der Waals surface area (Å²) in [7, 11) is 0. The molecule has 0 atom stereocenters. The van der Waals surface area contributed by atoms with Crippen molar-refractivity contribution >= 4 is 17.1 Å². The van der Waals surface area contributed by atoms with Crippen molar-refractivity contribution in [3.8, 4) is 5.69 Å². The van der Waals surface area contributed by atoms with Crippen LogP contribution in [-0.2, 0) is 0 Å². The first-order valence-electron chi connectivity index (χ1n) is 5.94. The predicted molar refractivity (Wildman–Crippen MR) is 72.7 cm³/mol. The summed E-state index contributed by atoms with van der Waals surface area (Å²) >= 11 is 0. The highest BCUT2D eigenvalue weighted by Gasteiger charge is 2.14. The molecule has 96 valence electrons. The first-order chi connectivity index (χ1) is 9.06. The van der Waals surface area contributed by atoms with E-state index < -0.39 is 0 Å². The zero-order chi connectivity index (χ0) is 13.6. The maximum Gasteiger partial charge on any atom is 0.207 e. The fourth-order valence-electron chi connectivity index (χ4n) is 2.10. The van der Waals surface area contributed by atoms with Crippen molar-refractivity contribution in [2.45, 2.75) is 13.8 Å². The average Bonchev–Trinajstić information content (AvgIpc) is 2.65. The SMILES string of the molecule is Cc1ccc(-n2c(N)nc3ccc(C)nc32)c(F)c1. The summed E-state index contributed by atoms with van der Waals surface area (Å²) < 4.78 is 15.6. The molecule has 0 unspecified atom stereocenters. The van der Waals surface area contributed by atoms with Crippen LogP contribution in [0.25, 0.3) is 16.9 Å². The maximum atomic E-state index is 14.1. The molecule has 4 nitrogen and oxygen atoms in total. The first kappa shape index (κ1) is 11.6. The monoisotopic (exact) mass is 256 g/mol. The molecule has 0 saturated carbocycles. The topological polar surface area (TPSA) is 56.7 Å². The van der Waals surface area contributed by atoms with Gasteiger partial charge in [0, 0.05) is 5.69 Å². The lowest BCUT2D eigenvalue weighted by Gasteiger charge is -2.08. The minimum atomic E-state index is -0.339. The van der Waals surface area contributed by atoms with Crippen LogP contribution in [-0.4, -0.2) is 14.5 Å². The second-order valence-corrected chi connectivity index (χ2v) is 4.56. The van der Waals surface area contributed by atoms with E-state index in [1.54, 1.807) is 6.07 Å². The van der Waals surface area contributed by atoms with E-state index in [1.165, 1.54) is 10.6 Å². The van der Waals surface area contributed by atoms with Crippen LogP contribution in [0.1, 0.15) is 11.3 Å². The van der Waals surface area contributed by atoms with E-state index >= 15 is 0 Å². The summed E-state index contributed by atoms with van der Waals surface area (Å²) in [5.41, 5.74) is 9.17. The number of hydrogen-bond acceptors (Lipinski definition) is 3. The Kier molecular flexibility index (Phi) is 2.48. The molecule has 0 bridgehead atoms. The maximum absolute atomic E-state index is 14.1. The average molecular weight is 256 g/mol. The van der Waals surface area contributed by atoms with Gasteiger partial charge in [-0.25, -0.2) is 14.4 Å². The quantitative estimate of drug-likeness (QED) is 0.728. The van der Waals surface area contributed by atoms with Crippen molar-refractivity contribution < 1.29 is 4.39 Å². The summed E-state index contributed by atoms with van der Waals surface area (Å²) in [4.78, 5) is 8.60. The highest BCUT2D eigenvalue weighted by molar-refractivity contribution is 5.77. The Labute approximate surface area is 109 Å². The molecule has 2 aromatic heterocycles. The number of rotatable bonds is 1. The van der Waals surface area contributed by atoms with Crippen LogP contribution in [0, 0.1) is 19.7 Å². The molecule has 0 aliphatic carbocycles. The van der Waals surface area contributed by atoms with Crippen molar-refractivity contribution in [3.05, 3.63) is 47.4 Å². The summed E-state index contributed by atoms with van der Waals surface area (Å²) in [5.74, 6) is -0.106. The number of hydrogen-bond donors (Lipinski definition) is 1. The van der Waals surface area contributed by atoms with Crippen LogP contribution in [0.5, 0.6) is 0 Å². The van der Waals surface area contributed by atoms with Crippen LogP contribution >= 0.6 is 0 Å². The third-order valence-electron chi connectivity index (χ3n) is 3.01. The van der Waals surface area contributed by atoms with Gasteiger partial charge in [0.25, 0.3) is 0 Å². The number of imidazole rings is 1. The number of aromatic nitrogens is 3. The van der Waals surface area contributed by atoms with Crippen molar-refractivity contribution in [1.29, 1.82) is 0 Å². The molecular formula is C14H13FN4. The van der Waals surface area contributed by atoms with Gasteiger partial charge in [-0.05, 0) is 43.7 Å². The molecule has 19 heavy (non-hydrogen) atoms. The third kappa shape index (κ3) is 1.83. The summed E-state index contributed by atoms with van der Waals surface area (Å²) in [6, 6.07) is 8.67. The van der Waals surface area contributed by atoms with Crippen LogP contribution in [0.3, 0.4) is 0 Å². The highest BCUT2D eigenvalue weighted by Crippen LogP contribution is 2.24. The van der Waals surface area contributed by atoms with E-state index in [0.29, 0.717) is 16.9 Å². The van der Waals surface area contributed by atoms with Crippen LogP contribution < -0.4 is 5.73 Å². The van der Waals surface area contributed by atoms with E-state index in [0.717, 1.165) is 11.3 Å². The second-order valence-electron chi connectivity index (χ2n) is 4.56. The standard InChI is InChI=1S/C14H13FN4/c1-8-3-6-12(10(15)7-8)19-13-11(18-14(19)16)5-4-9(2)17-13/h3-7H,1-2H3,(H2,16,18).